The Morgan fingerprint density at radius 3 is 1.76 bits per heavy atom. The number of hydrogen-bond acceptors (Lipinski definition) is 2. The Hall–Kier alpha value is -2.29. The first-order valence-corrected chi connectivity index (χ1v) is 10.2. The Morgan fingerprint density at radius 1 is 0.793 bits per heavy atom. The van der Waals surface area contributed by atoms with Crippen LogP contribution in [0.4, 0.5) is 0 Å². The Kier molecular flexibility index (Phi) is 5.70. The molecule has 0 atom stereocenters. The molecule has 2 rings (SSSR count). The molecule has 3 heteroatoms. The third kappa shape index (κ3) is 4.49. The van der Waals surface area contributed by atoms with Gasteiger partial charge in [0.15, 0.2) is 0 Å². The lowest BCUT2D eigenvalue weighted by atomic mass is 9.72. The molecule has 0 fully saturated rings. The average Bonchev–Trinajstić information content (AvgIpc) is 2.51. The molecule has 0 aliphatic heterocycles. The summed E-state index contributed by atoms with van der Waals surface area (Å²) in [6, 6.07) is 7.42. The SMILES string of the molecule is Cc1cc(C(C)(C)C)cc(C(C)(C)C)c1-c1c(O)ccc(C(=O)O)c1C(C)(C)C. The van der Waals surface area contributed by atoms with E-state index < -0.39 is 11.4 Å². The highest BCUT2D eigenvalue weighted by Crippen LogP contribution is 2.47. The number of benzene rings is 2. The van der Waals surface area contributed by atoms with Gasteiger partial charge in [-0.15, -0.1) is 0 Å². The standard InChI is InChI=1S/C26H36O3/c1-15-13-16(24(2,3)4)14-18(25(5,6)7)20(15)21-19(27)12-11-17(23(28)29)22(21)26(8,9)10/h11-14,27H,1-10H3,(H,28,29). The number of phenols is 1. The number of hydrogen-bond donors (Lipinski definition) is 2. The zero-order valence-electron chi connectivity index (χ0n) is 19.6. The highest BCUT2D eigenvalue weighted by atomic mass is 16.4. The molecule has 0 aliphatic rings. The second-order valence-corrected chi connectivity index (χ2v) is 11.2. The first-order valence-electron chi connectivity index (χ1n) is 10.2. The van der Waals surface area contributed by atoms with E-state index in [1.807, 2.05) is 20.8 Å². The van der Waals surface area contributed by atoms with Gasteiger partial charge < -0.3 is 10.2 Å². The Bertz CT molecular complexity index is 946. The van der Waals surface area contributed by atoms with Crippen molar-refractivity contribution in [1.29, 1.82) is 0 Å². The van der Waals surface area contributed by atoms with E-state index in [1.54, 1.807) is 0 Å². The molecule has 158 valence electrons. The Labute approximate surface area is 175 Å². The quantitative estimate of drug-likeness (QED) is 0.577. The highest BCUT2D eigenvalue weighted by Gasteiger charge is 2.32. The van der Waals surface area contributed by atoms with E-state index >= 15 is 0 Å². The fraction of sp³-hybridized carbons (Fsp3) is 0.500. The summed E-state index contributed by atoms with van der Waals surface area (Å²) in [5.74, 6) is -0.852. The molecule has 0 amide bonds. The maximum atomic E-state index is 12.0. The molecule has 2 aromatic carbocycles. The summed E-state index contributed by atoms with van der Waals surface area (Å²) in [5.41, 5.74) is 5.24. The lowest BCUT2D eigenvalue weighted by Gasteiger charge is -2.32. The molecule has 0 unspecified atom stereocenters. The summed E-state index contributed by atoms with van der Waals surface area (Å²) in [7, 11) is 0. The number of carboxylic acids is 1. The largest absolute Gasteiger partial charge is 0.507 e. The van der Waals surface area contributed by atoms with Gasteiger partial charge >= 0.3 is 5.97 Å². The molecule has 0 bridgehead atoms. The van der Waals surface area contributed by atoms with Crippen molar-refractivity contribution in [2.45, 2.75) is 85.5 Å². The molecule has 0 aromatic heterocycles. The zero-order valence-corrected chi connectivity index (χ0v) is 19.6. The van der Waals surface area contributed by atoms with Gasteiger partial charge in [-0.05, 0) is 63.1 Å². The van der Waals surface area contributed by atoms with Crippen LogP contribution in [0.5, 0.6) is 5.75 Å². The second kappa shape index (κ2) is 7.19. The lowest BCUT2D eigenvalue weighted by Crippen LogP contribution is -2.22. The van der Waals surface area contributed by atoms with Gasteiger partial charge in [-0.25, -0.2) is 4.79 Å². The van der Waals surface area contributed by atoms with Gasteiger partial charge in [0.1, 0.15) is 5.75 Å². The Balaban J connectivity index is 3.10. The summed E-state index contributed by atoms with van der Waals surface area (Å²) in [4.78, 5) is 12.0. The van der Waals surface area contributed by atoms with Crippen LogP contribution in [0.15, 0.2) is 24.3 Å². The first-order chi connectivity index (χ1) is 13.0. The van der Waals surface area contributed by atoms with Crippen molar-refractivity contribution in [3.8, 4) is 16.9 Å². The van der Waals surface area contributed by atoms with E-state index in [0.29, 0.717) is 11.1 Å². The molecule has 3 nitrogen and oxygen atoms in total. The van der Waals surface area contributed by atoms with E-state index in [4.69, 9.17) is 0 Å². The third-order valence-corrected chi connectivity index (χ3v) is 5.42. The maximum Gasteiger partial charge on any atom is 0.336 e. The van der Waals surface area contributed by atoms with Crippen molar-refractivity contribution in [1.82, 2.24) is 0 Å². The van der Waals surface area contributed by atoms with E-state index in [1.165, 1.54) is 17.7 Å². The summed E-state index contributed by atoms with van der Waals surface area (Å²) in [6.45, 7) is 21.1. The minimum Gasteiger partial charge on any atom is -0.507 e. The highest BCUT2D eigenvalue weighted by molar-refractivity contribution is 5.95. The van der Waals surface area contributed by atoms with Crippen LogP contribution in [0, 0.1) is 6.92 Å². The number of aromatic hydroxyl groups is 1. The smallest absolute Gasteiger partial charge is 0.336 e. The van der Waals surface area contributed by atoms with Crippen LogP contribution in [0.2, 0.25) is 0 Å². The van der Waals surface area contributed by atoms with Crippen LogP contribution in [-0.4, -0.2) is 16.2 Å². The van der Waals surface area contributed by atoms with Crippen molar-refractivity contribution in [3.05, 3.63) is 52.1 Å². The molecule has 2 aromatic rings. The number of aromatic carboxylic acids is 1. The molecule has 0 radical (unpaired) electrons. The van der Waals surface area contributed by atoms with Crippen molar-refractivity contribution < 1.29 is 15.0 Å². The topological polar surface area (TPSA) is 57.5 Å². The van der Waals surface area contributed by atoms with Crippen molar-refractivity contribution in [2.24, 2.45) is 0 Å². The summed E-state index contributed by atoms with van der Waals surface area (Å²) in [5, 5.41) is 20.8. The van der Waals surface area contributed by atoms with E-state index in [2.05, 4.69) is 60.6 Å². The van der Waals surface area contributed by atoms with Crippen molar-refractivity contribution in [2.75, 3.05) is 0 Å². The molecule has 0 saturated carbocycles. The average molecular weight is 397 g/mol. The zero-order chi connectivity index (χ0) is 22.5. The molecule has 0 aliphatic carbocycles. The number of phenolic OH excluding ortho intramolecular Hbond substituents is 1. The number of rotatable bonds is 2. The number of aryl methyl sites for hydroxylation is 1. The fourth-order valence-corrected chi connectivity index (χ4v) is 3.95. The molecule has 2 N–H and O–H groups in total. The van der Waals surface area contributed by atoms with Crippen molar-refractivity contribution >= 4 is 5.97 Å². The maximum absolute atomic E-state index is 12.0. The van der Waals surface area contributed by atoms with Crippen LogP contribution >= 0.6 is 0 Å². The molecular formula is C26H36O3. The molecule has 0 spiro atoms. The Morgan fingerprint density at radius 2 is 1.34 bits per heavy atom. The van der Waals surface area contributed by atoms with Gasteiger partial charge in [0.25, 0.3) is 0 Å². The van der Waals surface area contributed by atoms with Gasteiger partial charge in [-0.2, -0.15) is 0 Å². The van der Waals surface area contributed by atoms with Crippen LogP contribution in [0.3, 0.4) is 0 Å². The van der Waals surface area contributed by atoms with Gasteiger partial charge in [0, 0.05) is 5.56 Å². The minimum absolute atomic E-state index is 0.0128. The summed E-state index contributed by atoms with van der Waals surface area (Å²) >= 11 is 0. The van der Waals surface area contributed by atoms with Crippen LogP contribution in [0.1, 0.15) is 94.9 Å². The molecule has 0 heterocycles. The van der Waals surface area contributed by atoms with Crippen molar-refractivity contribution in [3.63, 3.8) is 0 Å². The predicted molar refractivity (Wildman–Crippen MR) is 121 cm³/mol. The van der Waals surface area contributed by atoms with Crippen LogP contribution in [-0.2, 0) is 16.2 Å². The van der Waals surface area contributed by atoms with Gasteiger partial charge in [0.05, 0.1) is 5.56 Å². The van der Waals surface area contributed by atoms with Crippen LogP contribution in [0.25, 0.3) is 11.1 Å². The lowest BCUT2D eigenvalue weighted by molar-refractivity contribution is 0.0694. The predicted octanol–water partition coefficient (Wildman–Crippen LogP) is 6.96. The van der Waals surface area contributed by atoms with E-state index in [-0.39, 0.29) is 22.1 Å². The summed E-state index contributed by atoms with van der Waals surface area (Å²) < 4.78 is 0. The van der Waals surface area contributed by atoms with E-state index in [9.17, 15) is 15.0 Å². The molecule has 29 heavy (non-hydrogen) atoms. The normalized spacial score (nSPS) is 12.9. The number of carbonyl (C=O) groups is 1. The van der Waals surface area contributed by atoms with Gasteiger partial charge in [0.2, 0.25) is 0 Å². The van der Waals surface area contributed by atoms with E-state index in [0.717, 1.165) is 16.7 Å². The third-order valence-electron chi connectivity index (χ3n) is 5.42. The summed E-state index contributed by atoms with van der Waals surface area (Å²) in [6.07, 6.45) is 0. The van der Waals surface area contributed by atoms with Gasteiger partial charge in [-0.3, -0.25) is 0 Å². The first kappa shape index (κ1) is 23.0. The number of carboxylic acid groups (broad SMARTS) is 1. The monoisotopic (exact) mass is 396 g/mol. The minimum atomic E-state index is -0.975. The fourth-order valence-electron chi connectivity index (χ4n) is 3.95. The van der Waals surface area contributed by atoms with Gasteiger partial charge in [-0.1, -0.05) is 74.4 Å². The molecular weight excluding hydrogens is 360 g/mol. The molecule has 0 saturated heterocycles. The van der Waals surface area contributed by atoms with Crippen LogP contribution < -0.4 is 0 Å². The second-order valence-electron chi connectivity index (χ2n) is 11.2.